The zero-order chi connectivity index (χ0) is 20.8. The van der Waals surface area contributed by atoms with E-state index in [1.54, 1.807) is 0 Å². The summed E-state index contributed by atoms with van der Waals surface area (Å²) >= 11 is 0. The number of carbonyl (C=O) groups is 1. The fraction of sp³-hybridized carbons (Fsp3) is 0.250. The maximum Gasteiger partial charge on any atom is 0.270 e. The number of hydrogen-bond donors (Lipinski definition) is 1. The van der Waals surface area contributed by atoms with E-state index in [1.165, 1.54) is 0 Å². The van der Waals surface area contributed by atoms with Crippen LogP contribution in [0.2, 0.25) is 0 Å². The fourth-order valence-corrected chi connectivity index (χ4v) is 4.05. The quantitative estimate of drug-likeness (QED) is 0.548. The molecule has 1 amide bonds. The summed E-state index contributed by atoms with van der Waals surface area (Å²) in [6.45, 7) is 5.53. The Hall–Kier alpha value is -3.54. The molecule has 0 fully saturated rings. The second-order valence-corrected chi connectivity index (χ2v) is 7.87. The Morgan fingerprint density at radius 1 is 1.07 bits per heavy atom. The monoisotopic (exact) mass is 400 g/mol. The van der Waals surface area contributed by atoms with Gasteiger partial charge in [-0.15, -0.1) is 0 Å². The molecule has 1 N–H and O–H groups in total. The van der Waals surface area contributed by atoms with E-state index < -0.39 is 0 Å². The van der Waals surface area contributed by atoms with E-state index in [-0.39, 0.29) is 5.91 Å². The van der Waals surface area contributed by atoms with Crippen molar-refractivity contribution in [2.75, 3.05) is 13.2 Å². The van der Waals surface area contributed by atoms with Gasteiger partial charge in [-0.2, -0.15) is 0 Å². The molecular formula is C24H24N4O2. The predicted octanol–water partition coefficient (Wildman–Crippen LogP) is 4.22. The molecule has 3 heterocycles. The molecule has 0 radical (unpaired) electrons. The van der Waals surface area contributed by atoms with Gasteiger partial charge >= 0.3 is 0 Å². The lowest BCUT2D eigenvalue weighted by molar-refractivity contribution is 0.0723. The lowest BCUT2D eigenvalue weighted by atomic mass is 10.0. The van der Waals surface area contributed by atoms with Gasteiger partial charge in [-0.25, -0.2) is 4.98 Å². The third kappa shape index (κ3) is 3.14. The Morgan fingerprint density at radius 3 is 2.67 bits per heavy atom. The molecule has 0 spiro atoms. The highest BCUT2D eigenvalue weighted by atomic mass is 16.5. The summed E-state index contributed by atoms with van der Waals surface area (Å²) in [4.78, 5) is 22.8. The normalized spacial score (nSPS) is 13.8. The third-order valence-electron chi connectivity index (χ3n) is 5.85. The molecule has 1 aliphatic heterocycles. The van der Waals surface area contributed by atoms with E-state index in [4.69, 9.17) is 4.74 Å². The van der Waals surface area contributed by atoms with E-state index in [2.05, 4.69) is 34.2 Å². The highest BCUT2D eigenvalue weighted by Crippen LogP contribution is 2.31. The number of aromatic nitrogens is 3. The van der Waals surface area contributed by atoms with E-state index in [1.807, 2.05) is 54.6 Å². The Kier molecular flexibility index (Phi) is 4.35. The molecule has 0 aliphatic carbocycles. The first-order valence-corrected chi connectivity index (χ1v) is 10.1. The number of nitrogens with one attached hydrogen (secondary N) is 1. The van der Waals surface area contributed by atoms with Crippen molar-refractivity contribution >= 4 is 16.9 Å². The predicted molar refractivity (Wildman–Crippen MR) is 117 cm³/mol. The van der Waals surface area contributed by atoms with Gasteiger partial charge in [0.05, 0.1) is 17.6 Å². The van der Waals surface area contributed by atoms with Crippen LogP contribution in [-0.2, 0) is 13.6 Å². The minimum absolute atomic E-state index is 0.0295. The number of aryl methyl sites for hydroxylation is 2. The van der Waals surface area contributed by atoms with Gasteiger partial charge in [0.25, 0.3) is 5.91 Å². The minimum atomic E-state index is 0.0295. The van der Waals surface area contributed by atoms with Gasteiger partial charge in [-0.3, -0.25) is 4.79 Å². The summed E-state index contributed by atoms with van der Waals surface area (Å²) in [6.07, 6.45) is 0. The summed E-state index contributed by atoms with van der Waals surface area (Å²) in [5, 5.41) is 0. The first-order valence-electron chi connectivity index (χ1n) is 10.1. The summed E-state index contributed by atoms with van der Waals surface area (Å²) in [6, 6.07) is 16.3. The summed E-state index contributed by atoms with van der Waals surface area (Å²) in [5.74, 6) is 1.78. The number of fused-ring (bicyclic) bond motifs is 2. The van der Waals surface area contributed by atoms with Crippen LogP contribution >= 0.6 is 0 Å². The number of hydrogen-bond acceptors (Lipinski definition) is 3. The van der Waals surface area contributed by atoms with Crippen molar-refractivity contribution in [3.8, 4) is 16.9 Å². The van der Waals surface area contributed by atoms with E-state index in [9.17, 15) is 4.79 Å². The molecule has 2 aromatic carbocycles. The van der Waals surface area contributed by atoms with Crippen LogP contribution in [0.5, 0.6) is 5.75 Å². The van der Waals surface area contributed by atoms with Crippen molar-refractivity contribution in [2.24, 2.45) is 7.05 Å². The lowest BCUT2D eigenvalue weighted by Crippen LogP contribution is -2.33. The SMILES string of the molecule is Cc1nc2ccc(-c3ccc4c(c3)CN(C(=O)c3ccc(C)n3C)CCO4)cc2[nH]1. The molecule has 1 aliphatic rings. The Morgan fingerprint density at radius 2 is 1.87 bits per heavy atom. The van der Waals surface area contributed by atoms with E-state index in [0.717, 1.165) is 45.0 Å². The number of benzene rings is 2. The van der Waals surface area contributed by atoms with Gasteiger partial charge in [0.1, 0.15) is 23.9 Å². The molecule has 0 bridgehead atoms. The molecule has 4 aromatic rings. The van der Waals surface area contributed by atoms with Gasteiger partial charge in [0.15, 0.2) is 0 Å². The first-order chi connectivity index (χ1) is 14.5. The molecule has 0 atom stereocenters. The van der Waals surface area contributed by atoms with Crippen LogP contribution in [0.25, 0.3) is 22.2 Å². The molecule has 2 aromatic heterocycles. The number of nitrogens with zero attached hydrogens (tertiary/aromatic N) is 3. The number of rotatable bonds is 2. The van der Waals surface area contributed by atoms with Crippen LogP contribution in [0.3, 0.4) is 0 Å². The number of imidazole rings is 1. The number of ether oxygens (including phenoxy) is 1. The van der Waals surface area contributed by atoms with Crippen LogP contribution < -0.4 is 4.74 Å². The minimum Gasteiger partial charge on any atom is -0.491 e. The smallest absolute Gasteiger partial charge is 0.270 e. The highest BCUT2D eigenvalue weighted by molar-refractivity contribution is 5.93. The molecule has 152 valence electrons. The number of amides is 1. The van der Waals surface area contributed by atoms with Crippen LogP contribution in [-0.4, -0.2) is 38.5 Å². The van der Waals surface area contributed by atoms with Crippen LogP contribution in [0.15, 0.2) is 48.5 Å². The Balaban J connectivity index is 1.48. The number of carbonyl (C=O) groups excluding carboxylic acids is 1. The zero-order valence-corrected chi connectivity index (χ0v) is 17.4. The average molecular weight is 400 g/mol. The summed E-state index contributed by atoms with van der Waals surface area (Å²) in [7, 11) is 1.93. The molecular weight excluding hydrogens is 376 g/mol. The van der Waals surface area contributed by atoms with Crippen LogP contribution in [0, 0.1) is 13.8 Å². The van der Waals surface area contributed by atoms with Crippen molar-refractivity contribution in [1.82, 2.24) is 19.4 Å². The van der Waals surface area contributed by atoms with Crippen molar-refractivity contribution < 1.29 is 9.53 Å². The van der Waals surface area contributed by atoms with Crippen LogP contribution in [0.4, 0.5) is 0 Å². The maximum absolute atomic E-state index is 13.1. The summed E-state index contributed by atoms with van der Waals surface area (Å²) in [5.41, 5.74) is 6.97. The molecule has 0 saturated heterocycles. The molecule has 6 heteroatoms. The second kappa shape index (κ2) is 7.06. The van der Waals surface area contributed by atoms with Crippen molar-refractivity contribution in [1.29, 1.82) is 0 Å². The van der Waals surface area contributed by atoms with Gasteiger partial charge in [-0.1, -0.05) is 12.1 Å². The maximum atomic E-state index is 13.1. The van der Waals surface area contributed by atoms with Crippen molar-refractivity contribution in [3.63, 3.8) is 0 Å². The summed E-state index contributed by atoms with van der Waals surface area (Å²) < 4.78 is 7.89. The lowest BCUT2D eigenvalue weighted by Gasteiger charge is -2.20. The highest BCUT2D eigenvalue weighted by Gasteiger charge is 2.23. The molecule has 5 rings (SSSR count). The first kappa shape index (κ1) is 18.5. The van der Waals surface area contributed by atoms with Crippen LogP contribution in [0.1, 0.15) is 27.6 Å². The average Bonchev–Trinajstić information content (AvgIpc) is 3.18. The van der Waals surface area contributed by atoms with Gasteiger partial charge in [0, 0.05) is 24.8 Å². The second-order valence-electron chi connectivity index (χ2n) is 7.87. The zero-order valence-electron chi connectivity index (χ0n) is 17.4. The third-order valence-corrected chi connectivity index (χ3v) is 5.85. The number of H-pyrrole nitrogens is 1. The van der Waals surface area contributed by atoms with Crippen molar-refractivity contribution in [2.45, 2.75) is 20.4 Å². The molecule has 6 nitrogen and oxygen atoms in total. The molecule has 0 unspecified atom stereocenters. The largest absolute Gasteiger partial charge is 0.491 e. The fourth-order valence-electron chi connectivity index (χ4n) is 4.05. The van der Waals surface area contributed by atoms with Crippen molar-refractivity contribution in [3.05, 3.63) is 71.3 Å². The van der Waals surface area contributed by atoms with Gasteiger partial charge < -0.3 is 19.2 Å². The Bertz CT molecular complexity index is 1270. The van der Waals surface area contributed by atoms with Gasteiger partial charge in [0.2, 0.25) is 0 Å². The molecule has 0 saturated carbocycles. The topological polar surface area (TPSA) is 63.1 Å². The Labute approximate surface area is 175 Å². The van der Waals surface area contributed by atoms with E-state index >= 15 is 0 Å². The van der Waals surface area contributed by atoms with E-state index in [0.29, 0.717) is 25.4 Å². The standard InChI is InChI=1S/C24H24N4O2/c1-15-4-8-22(27(15)3)24(29)28-10-11-30-23-9-6-17(12-19(23)14-28)18-5-7-20-21(13-18)26-16(2)25-20/h4-9,12-13H,10-11,14H2,1-3H3,(H,25,26). The number of aromatic amines is 1. The van der Waals surface area contributed by atoms with Gasteiger partial charge in [-0.05, 0) is 61.4 Å². The molecule has 30 heavy (non-hydrogen) atoms.